The second kappa shape index (κ2) is 7.15. The van der Waals surface area contributed by atoms with Crippen LogP contribution in [0.2, 0.25) is 5.02 Å². The van der Waals surface area contributed by atoms with Crippen LogP contribution in [0.4, 0.5) is 5.69 Å². The summed E-state index contributed by atoms with van der Waals surface area (Å²) in [5.74, 6) is -0.385. The fourth-order valence-corrected chi connectivity index (χ4v) is 4.56. The highest BCUT2D eigenvalue weighted by atomic mass is 35.5. The second-order valence-electron chi connectivity index (χ2n) is 6.02. The molecular formula is C18H19ClN2O3S. The zero-order valence-corrected chi connectivity index (χ0v) is 15.4. The average molecular weight is 379 g/mol. The van der Waals surface area contributed by atoms with Crippen molar-refractivity contribution in [2.75, 3.05) is 18.4 Å². The van der Waals surface area contributed by atoms with E-state index in [1.807, 2.05) is 0 Å². The van der Waals surface area contributed by atoms with Crippen molar-refractivity contribution in [3.05, 3.63) is 58.6 Å². The first-order chi connectivity index (χ1) is 11.9. The normalized spacial score (nSPS) is 15.3. The minimum absolute atomic E-state index is 0.143. The quantitative estimate of drug-likeness (QED) is 0.882. The Kier molecular flexibility index (Phi) is 5.13. The van der Waals surface area contributed by atoms with E-state index in [1.54, 1.807) is 43.3 Å². The highest BCUT2D eigenvalue weighted by Gasteiger charge is 2.28. The van der Waals surface area contributed by atoms with Crippen molar-refractivity contribution >= 4 is 33.2 Å². The van der Waals surface area contributed by atoms with Crippen LogP contribution in [-0.2, 0) is 10.0 Å². The van der Waals surface area contributed by atoms with Crippen molar-refractivity contribution < 1.29 is 13.2 Å². The van der Waals surface area contributed by atoms with Crippen LogP contribution in [-0.4, -0.2) is 31.7 Å². The summed E-state index contributed by atoms with van der Waals surface area (Å²) >= 11 is 6.07. The molecule has 0 saturated carbocycles. The van der Waals surface area contributed by atoms with Crippen LogP contribution in [0.1, 0.15) is 28.8 Å². The fourth-order valence-electron chi connectivity index (χ4n) is 2.84. The molecule has 0 bridgehead atoms. The van der Waals surface area contributed by atoms with Gasteiger partial charge in [0, 0.05) is 18.7 Å². The van der Waals surface area contributed by atoms with E-state index < -0.39 is 10.0 Å². The van der Waals surface area contributed by atoms with Crippen LogP contribution in [0.3, 0.4) is 0 Å². The third kappa shape index (κ3) is 3.71. The van der Waals surface area contributed by atoms with Crippen LogP contribution < -0.4 is 5.32 Å². The summed E-state index contributed by atoms with van der Waals surface area (Å²) in [5.41, 5.74) is 1.51. The summed E-state index contributed by atoms with van der Waals surface area (Å²) in [5, 5.41) is 3.16. The van der Waals surface area contributed by atoms with Gasteiger partial charge in [0.05, 0.1) is 15.6 Å². The number of hydrogen-bond donors (Lipinski definition) is 1. The van der Waals surface area contributed by atoms with Crippen molar-refractivity contribution in [1.29, 1.82) is 0 Å². The van der Waals surface area contributed by atoms with Crippen molar-refractivity contribution in [3.8, 4) is 0 Å². The second-order valence-corrected chi connectivity index (χ2v) is 8.37. The number of amides is 1. The SMILES string of the molecule is Cc1ccc(S(=O)(=O)N2CCCC2)cc1C(=O)Nc1ccccc1Cl. The van der Waals surface area contributed by atoms with E-state index in [1.165, 1.54) is 10.4 Å². The number of hydrogen-bond acceptors (Lipinski definition) is 3. The molecule has 1 aliphatic rings. The van der Waals surface area contributed by atoms with E-state index in [2.05, 4.69) is 5.32 Å². The van der Waals surface area contributed by atoms with E-state index in [-0.39, 0.29) is 10.8 Å². The Morgan fingerprint density at radius 2 is 1.80 bits per heavy atom. The summed E-state index contributed by atoms with van der Waals surface area (Å²) in [6.45, 7) is 2.82. The van der Waals surface area contributed by atoms with Gasteiger partial charge in [0.25, 0.3) is 5.91 Å². The number of nitrogens with one attached hydrogen (secondary N) is 1. The molecule has 25 heavy (non-hydrogen) atoms. The van der Waals surface area contributed by atoms with Gasteiger partial charge in [-0.15, -0.1) is 0 Å². The molecule has 0 aromatic heterocycles. The Morgan fingerprint density at radius 1 is 1.12 bits per heavy atom. The van der Waals surface area contributed by atoms with Crippen LogP contribution in [0.5, 0.6) is 0 Å². The molecule has 1 amide bonds. The number of halogens is 1. The molecule has 1 fully saturated rings. The maximum absolute atomic E-state index is 12.7. The topological polar surface area (TPSA) is 66.5 Å². The molecule has 1 aliphatic heterocycles. The Morgan fingerprint density at radius 3 is 2.48 bits per heavy atom. The first kappa shape index (κ1) is 17.9. The van der Waals surface area contributed by atoms with Crippen molar-refractivity contribution in [2.24, 2.45) is 0 Å². The van der Waals surface area contributed by atoms with Crippen molar-refractivity contribution in [3.63, 3.8) is 0 Å². The molecule has 0 unspecified atom stereocenters. The zero-order valence-electron chi connectivity index (χ0n) is 13.8. The molecule has 0 spiro atoms. The highest BCUT2D eigenvalue weighted by molar-refractivity contribution is 7.89. The average Bonchev–Trinajstić information content (AvgIpc) is 3.12. The lowest BCUT2D eigenvalue weighted by Crippen LogP contribution is -2.28. The number of anilines is 1. The lowest BCUT2D eigenvalue weighted by molar-refractivity contribution is 0.102. The van der Waals surface area contributed by atoms with Crippen LogP contribution >= 0.6 is 11.6 Å². The van der Waals surface area contributed by atoms with E-state index in [4.69, 9.17) is 11.6 Å². The van der Waals surface area contributed by atoms with Gasteiger partial charge in [-0.3, -0.25) is 4.79 Å². The number of sulfonamides is 1. The standard InChI is InChI=1S/C18H19ClN2O3S/c1-13-8-9-14(25(23,24)21-10-4-5-11-21)12-15(13)18(22)20-17-7-3-2-6-16(17)19/h2-3,6-9,12H,4-5,10-11H2,1H3,(H,20,22). The van der Waals surface area contributed by atoms with Gasteiger partial charge in [-0.2, -0.15) is 4.31 Å². The zero-order chi connectivity index (χ0) is 18.0. The Bertz CT molecular complexity index is 906. The Hall–Kier alpha value is -1.89. The first-order valence-corrected chi connectivity index (χ1v) is 9.88. The lowest BCUT2D eigenvalue weighted by atomic mass is 10.1. The monoisotopic (exact) mass is 378 g/mol. The molecule has 1 heterocycles. The number of nitrogens with zero attached hydrogens (tertiary/aromatic N) is 1. The predicted octanol–water partition coefficient (Wildman–Crippen LogP) is 3.69. The maximum Gasteiger partial charge on any atom is 0.256 e. The number of carbonyl (C=O) groups is 1. The molecule has 2 aromatic rings. The molecule has 0 aliphatic carbocycles. The first-order valence-electron chi connectivity index (χ1n) is 8.06. The highest BCUT2D eigenvalue weighted by Crippen LogP contribution is 2.25. The molecule has 132 valence electrons. The molecule has 5 nitrogen and oxygen atoms in total. The smallest absolute Gasteiger partial charge is 0.256 e. The largest absolute Gasteiger partial charge is 0.321 e. The molecule has 7 heteroatoms. The summed E-state index contributed by atoms with van der Waals surface area (Å²) in [6.07, 6.45) is 1.73. The van der Waals surface area contributed by atoms with Gasteiger partial charge >= 0.3 is 0 Å². The van der Waals surface area contributed by atoms with E-state index >= 15 is 0 Å². The Balaban J connectivity index is 1.91. The van der Waals surface area contributed by atoms with E-state index in [9.17, 15) is 13.2 Å². The third-order valence-electron chi connectivity index (χ3n) is 4.28. The summed E-state index contributed by atoms with van der Waals surface area (Å²) < 4.78 is 26.9. The number of rotatable bonds is 4. The van der Waals surface area contributed by atoms with Gasteiger partial charge in [0.1, 0.15) is 0 Å². The molecule has 0 radical (unpaired) electrons. The van der Waals surface area contributed by atoms with Crippen LogP contribution in [0.15, 0.2) is 47.4 Å². The van der Waals surface area contributed by atoms with E-state index in [0.29, 0.717) is 34.9 Å². The number of carbonyl (C=O) groups excluding carboxylic acids is 1. The van der Waals surface area contributed by atoms with Gasteiger partial charge in [-0.25, -0.2) is 8.42 Å². The number of benzene rings is 2. The van der Waals surface area contributed by atoms with Crippen LogP contribution in [0, 0.1) is 6.92 Å². The fraction of sp³-hybridized carbons (Fsp3) is 0.278. The van der Waals surface area contributed by atoms with Gasteiger partial charge in [-0.05, 0) is 49.6 Å². The number of para-hydroxylation sites is 1. The summed E-state index contributed by atoms with van der Waals surface area (Å²) in [7, 11) is -3.57. The molecule has 3 rings (SSSR count). The molecule has 1 N–H and O–H groups in total. The predicted molar refractivity (Wildman–Crippen MR) is 98.6 cm³/mol. The van der Waals surface area contributed by atoms with Crippen molar-refractivity contribution in [2.45, 2.75) is 24.7 Å². The lowest BCUT2D eigenvalue weighted by Gasteiger charge is -2.17. The molecule has 1 saturated heterocycles. The molecular weight excluding hydrogens is 360 g/mol. The minimum Gasteiger partial charge on any atom is -0.321 e. The van der Waals surface area contributed by atoms with Crippen LogP contribution in [0.25, 0.3) is 0 Å². The molecule has 0 atom stereocenters. The Labute approximate surface area is 152 Å². The molecule has 2 aromatic carbocycles. The van der Waals surface area contributed by atoms with Gasteiger partial charge in [0.15, 0.2) is 0 Å². The minimum atomic E-state index is -3.57. The number of aryl methyl sites for hydroxylation is 1. The third-order valence-corrected chi connectivity index (χ3v) is 6.50. The summed E-state index contributed by atoms with van der Waals surface area (Å²) in [6, 6.07) is 11.6. The maximum atomic E-state index is 12.7. The van der Waals surface area contributed by atoms with Crippen molar-refractivity contribution in [1.82, 2.24) is 4.31 Å². The van der Waals surface area contributed by atoms with Gasteiger partial charge < -0.3 is 5.32 Å². The summed E-state index contributed by atoms with van der Waals surface area (Å²) in [4.78, 5) is 12.8. The van der Waals surface area contributed by atoms with E-state index in [0.717, 1.165) is 12.8 Å². The van der Waals surface area contributed by atoms with Gasteiger partial charge in [0.2, 0.25) is 10.0 Å². The van der Waals surface area contributed by atoms with Gasteiger partial charge in [-0.1, -0.05) is 29.8 Å².